The van der Waals surface area contributed by atoms with Gasteiger partial charge in [-0.05, 0) is 36.6 Å². The number of thiazole rings is 1. The van der Waals surface area contributed by atoms with E-state index in [2.05, 4.69) is 20.9 Å². The molecule has 1 heterocycles. The van der Waals surface area contributed by atoms with Gasteiger partial charge in [0.05, 0.1) is 0 Å². The third kappa shape index (κ3) is 5.65. The Labute approximate surface area is 161 Å². The fraction of sp³-hybridized carbons (Fsp3) is 0.150. The van der Waals surface area contributed by atoms with Gasteiger partial charge in [-0.3, -0.25) is 10.1 Å². The van der Waals surface area contributed by atoms with Gasteiger partial charge in [-0.1, -0.05) is 42.5 Å². The van der Waals surface area contributed by atoms with Gasteiger partial charge in [-0.25, -0.2) is 9.78 Å². The molecule has 0 saturated carbocycles. The number of aromatic nitrogens is 1. The molecule has 0 spiro atoms. The van der Waals surface area contributed by atoms with Gasteiger partial charge in [0.2, 0.25) is 0 Å². The molecule has 7 heteroatoms. The standard InChI is InChI=1S/C20H20N4O2S/c1-14-6-5-9-16(12-14)22-19(26)24-20-23-17(13-27-20)18(25)21-11-10-15-7-3-2-4-8-15/h2-9,12-13H,10-11H2,1H3,(H,21,25)(H2,22,23,24,26). The maximum Gasteiger partial charge on any atom is 0.325 e. The second-order valence-electron chi connectivity index (χ2n) is 5.98. The van der Waals surface area contributed by atoms with Crippen LogP contribution in [-0.4, -0.2) is 23.5 Å². The summed E-state index contributed by atoms with van der Waals surface area (Å²) in [6.45, 7) is 2.48. The van der Waals surface area contributed by atoms with Gasteiger partial charge in [0.15, 0.2) is 5.13 Å². The monoisotopic (exact) mass is 380 g/mol. The van der Waals surface area contributed by atoms with Gasteiger partial charge in [0.1, 0.15) is 5.69 Å². The third-order valence-corrected chi connectivity index (χ3v) is 4.53. The van der Waals surface area contributed by atoms with E-state index in [-0.39, 0.29) is 5.91 Å². The molecule has 0 saturated heterocycles. The zero-order valence-electron chi connectivity index (χ0n) is 14.9. The zero-order valence-corrected chi connectivity index (χ0v) is 15.7. The molecule has 0 unspecified atom stereocenters. The molecular weight excluding hydrogens is 360 g/mol. The Hall–Kier alpha value is -3.19. The number of nitrogens with one attached hydrogen (secondary N) is 3. The van der Waals surface area contributed by atoms with E-state index in [9.17, 15) is 9.59 Å². The number of rotatable bonds is 6. The van der Waals surface area contributed by atoms with Gasteiger partial charge < -0.3 is 10.6 Å². The lowest BCUT2D eigenvalue weighted by Gasteiger charge is -2.06. The van der Waals surface area contributed by atoms with Crippen LogP contribution in [0.5, 0.6) is 0 Å². The number of benzene rings is 2. The molecule has 0 aliphatic carbocycles. The Bertz CT molecular complexity index is 924. The van der Waals surface area contributed by atoms with Crippen LogP contribution in [0.2, 0.25) is 0 Å². The molecule has 27 heavy (non-hydrogen) atoms. The normalized spacial score (nSPS) is 10.3. The molecule has 1 aromatic heterocycles. The molecule has 0 atom stereocenters. The van der Waals surface area contributed by atoms with Crippen molar-refractivity contribution in [2.24, 2.45) is 0 Å². The number of urea groups is 1. The van der Waals surface area contributed by atoms with Crippen molar-refractivity contribution in [1.29, 1.82) is 0 Å². The number of anilines is 2. The molecule has 0 bridgehead atoms. The third-order valence-electron chi connectivity index (χ3n) is 3.78. The summed E-state index contributed by atoms with van der Waals surface area (Å²) < 4.78 is 0. The van der Waals surface area contributed by atoms with Crippen LogP contribution in [0.3, 0.4) is 0 Å². The summed E-state index contributed by atoms with van der Waals surface area (Å²) >= 11 is 1.21. The number of nitrogens with zero attached hydrogens (tertiary/aromatic N) is 1. The minimum Gasteiger partial charge on any atom is -0.350 e. The van der Waals surface area contributed by atoms with Crippen LogP contribution < -0.4 is 16.0 Å². The first-order chi connectivity index (χ1) is 13.1. The summed E-state index contributed by atoms with van der Waals surface area (Å²) in [4.78, 5) is 28.4. The summed E-state index contributed by atoms with van der Waals surface area (Å²) in [7, 11) is 0. The first-order valence-electron chi connectivity index (χ1n) is 8.52. The maximum absolute atomic E-state index is 12.2. The number of hydrogen-bond donors (Lipinski definition) is 3. The van der Waals surface area contributed by atoms with Gasteiger partial charge in [-0.15, -0.1) is 11.3 Å². The molecule has 0 aliphatic rings. The van der Waals surface area contributed by atoms with Crippen LogP contribution in [0.25, 0.3) is 0 Å². The summed E-state index contributed by atoms with van der Waals surface area (Å²) in [6, 6.07) is 17.0. The summed E-state index contributed by atoms with van der Waals surface area (Å²) in [6.07, 6.45) is 0.751. The number of aryl methyl sites for hydroxylation is 1. The van der Waals surface area contributed by atoms with E-state index in [4.69, 9.17) is 0 Å². The fourth-order valence-corrected chi connectivity index (χ4v) is 3.16. The highest BCUT2D eigenvalue weighted by molar-refractivity contribution is 7.14. The average Bonchev–Trinajstić information content (AvgIpc) is 3.11. The highest BCUT2D eigenvalue weighted by Crippen LogP contribution is 2.16. The zero-order chi connectivity index (χ0) is 19.1. The van der Waals surface area contributed by atoms with E-state index in [0.717, 1.165) is 17.5 Å². The lowest BCUT2D eigenvalue weighted by atomic mass is 10.1. The molecule has 138 valence electrons. The summed E-state index contributed by atoms with van der Waals surface area (Å²) in [5.74, 6) is -0.255. The molecule has 6 nitrogen and oxygen atoms in total. The molecule has 3 rings (SSSR count). The van der Waals surface area contributed by atoms with E-state index in [1.807, 2.05) is 55.5 Å². The van der Waals surface area contributed by atoms with Crippen LogP contribution in [0.1, 0.15) is 21.6 Å². The quantitative estimate of drug-likeness (QED) is 0.603. The highest BCUT2D eigenvalue weighted by atomic mass is 32.1. The van der Waals surface area contributed by atoms with E-state index in [1.54, 1.807) is 11.4 Å². The van der Waals surface area contributed by atoms with Crippen LogP contribution in [-0.2, 0) is 6.42 Å². The second-order valence-corrected chi connectivity index (χ2v) is 6.84. The number of carbonyl (C=O) groups excluding carboxylic acids is 2. The predicted molar refractivity (Wildman–Crippen MR) is 108 cm³/mol. The first-order valence-corrected chi connectivity index (χ1v) is 9.40. The molecule has 2 aromatic carbocycles. The van der Waals surface area contributed by atoms with Crippen LogP contribution in [0.4, 0.5) is 15.6 Å². The Balaban J connectivity index is 1.48. The molecule has 0 radical (unpaired) electrons. The highest BCUT2D eigenvalue weighted by Gasteiger charge is 2.12. The van der Waals surface area contributed by atoms with E-state index >= 15 is 0 Å². The summed E-state index contributed by atoms with van der Waals surface area (Å²) in [5, 5.41) is 10.2. The van der Waals surface area contributed by atoms with Crippen LogP contribution in [0.15, 0.2) is 60.0 Å². The predicted octanol–water partition coefficient (Wildman–Crippen LogP) is 4.07. The Morgan fingerprint density at radius 3 is 2.63 bits per heavy atom. The van der Waals surface area contributed by atoms with Crippen molar-refractivity contribution in [3.8, 4) is 0 Å². The lowest BCUT2D eigenvalue weighted by Crippen LogP contribution is -2.26. The Morgan fingerprint density at radius 2 is 1.85 bits per heavy atom. The molecular formula is C20H20N4O2S. The fourth-order valence-electron chi connectivity index (χ4n) is 2.47. The van der Waals surface area contributed by atoms with Crippen molar-refractivity contribution in [2.45, 2.75) is 13.3 Å². The molecule has 3 N–H and O–H groups in total. The average molecular weight is 380 g/mol. The van der Waals surface area contributed by atoms with Gasteiger partial charge >= 0.3 is 6.03 Å². The van der Waals surface area contributed by atoms with E-state index < -0.39 is 6.03 Å². The van der Waals surface area contributed by atoms with Crippen LogP contribution in [0, 0.1) is 6.92 Å². The lowest BCUT2D eigenvalue weighted by molar-refractivity contribution is 0.0950. The van der Waals surface area contributed by atoms with E-state index in [1.165, 1.54) is 11.3 Å². The smallest absolute Gasteiger partial charge is 0.325 e. The Morgan fingerprint density at radius 1 is 1.04 bits per heavy atom. The van der Waals surface area contributed by atoms with Crippen molar-refractivity contribution in [1.82, 2.24) is 10.3 Å². The number of amides is 3. The summed E-state index contributed by atoms with van der Waals surface area (Å²) in [5.41, 5.74) is 3.20. The largest absolute Gasteiger partial charge is 0.350 e. The number of hydrogen-bond acceptors (Lipinski definition) is 4. The maximum atomic E-state index is 12.2. The van der Waals surface area contributed by atoms with Crippen molar-refractivity contribution >= 4 is 34.1 Å². The van der Waals surface area contributed by atoms with Crippen molar-refractivity contribution in [3.05, 3.63) is 76.8 Å². The molecule has 0 fully saturated rings. The van der Waals surface area contributed by atoms with Gasteiger partial charge in [-0.2, -0.15) is 0 Å². The van der Waals surface area contributed by atoms with Crippen molar-refractivity contribution < 1.29 is 9.59 Å². The molecule has 0 aliphatic heterocycles. The van der Waals surface area contributed by atoms with Gasteiger partial charge in [0, 0.05) is 17.6 Å². The van der Waals surface area contributed by atoms with E-state index in [0.29, 0.717) is 23.1 Å². The second kappa shape index (κ2) is 8.95. The van der Waals surface area contributed by atoms with Crippen molar-refractivity contribution in [2.75, 3.05) is 17.2 Å². The first kappa shape index (κ1) is 18.6. The van der Waals surface area contributed by atoms with Crippen molar-refractivity contribution in [3.63, 3.8) is 0 Å². The number of carbonyl (C=O) groups is 2. The minimum absolute atomic E-state index is 0.255. The van der Waals surface area contributed by atoms with Gasteiger partial charge in [0.25, 0.3) is 5.91 Å². The van der Waals surface area contributed by atoms with Crippen LogP contribution >= 0.6 is 11.3 Å². The minimum atomic E-state index is -0.397. The Kier molecular flexibility index (Phi) is 6.17. The molecule has 3 amide bonds. The molecule has 3 aromatic rings. The SMILES string of the molecule is Cc1cccc(NC(=O)Nc2nc(C(=O)NCCc3ccccc3)cs2)c1. The topological polar surface area (TPSA) is 83.1 Å².